The summed E-state index contributed by atoms with van der Waals surface area (Å²) in [7, 11) is -3.76. The first-order valence-corrected chi connectivity index (χ1v) is 10.5. The predicted molar refractivity (Wildman–Crippen MR) is 97.5 cm³/mol. The summed E-state index contributed by atoms with van der Waals surface area (Å²) < 4.78 is 34.8. The normalized spacial score (nSPS) is 13.1. The van der Waals surface area contributed by atoms with Crippen LogP contribution in [0.4, 0.5) is 0 Å². The summed E-state index contributed by atoms with van der Waals surface area (Å²) in [6, 6.07) is 6.61. The topological polar surface area (TPSA) is 52.6 Å². The fourth-order valence-electron chi connectivity index (χ4n) is 2.45. The van der Waals surface area contributed by atoms with Crippen molar-refractivity contribution in [3.8, 4) is 0 Å². The van der Waals surface area contributed by atoms with Gasteiger partial charge in [-0.1, -0.05) is 69.6 Å². The van der Waals surface area contributed by atoms with Crippen molar-refractivity contribution in [1.29, 1.82) is 0 Å². The summed E-state index contributed by atoms with van der Waals surface area (Å²) >= 11 is 0. The molecule has 0 radical (unpaired) electrons. The lowest BCUT2D eigenvalue weighted by Gasteiger charge is -2.14. The number of unbranched alkanes of at least 4 members (excludes halogenated alkanes) is 7. The molecule has 0 fully saturated rings. The second-order valence-corrected chi connectivity index (χ2v) is 7.85. The molecule has 0 saturated carbocycles. The molecule has 138 valence electrons. The van der Waals surface area contributed by atoms with E-state index in [9.17, 15) is 8.42 Å². The largest absolute Gasteiger partial charge is 0.352 e. The van der Waals surface area contributed by atoms with Crippen LogP contribution >= 0.6 is 0 Å². The Hall–Kier alpha value is -0.910. The summed E-state index contributed by atoms with van der Waals surface area (Å²) in [5.74, 6) is 0. The molecule has 1 atom stereocenters. The van der Waals surface area contributed by atoms with E-state index in [4.69, 9.17) is 8.92 Å². The summed E-state index contributed by atoms with van der Waals surface area (Å²) in [6.07, 6.45) is 9.01. The molecule has 1 aromatic carbocycles. The van der Waals surface area contributed by atoms with Crippen LogP contribution < -0.4 is 0 Å². The van der Waals surface area contributed by atoms with Crippen molar-refractivity contribution in [3.63, 3.8) is 0 Å². The molecule has 1 rings (SSSR count). The summed E-state index contributed by atoms with van der Waals surface area (Å²) in [5.41, 5.74) is 1.01. The fourth-order valence-corrected chi connectivity index (χ4v) is 3.44. The standard InChI is InChI=1S/C19H32O4S/c1-4-5-6-7-8-9-10-11-16-22-18(3)23-24(20,21)19-14-12-17(2)13-15-19/h12-15,18H,4-11,16H2,1-3H3. The van der Waals surface area contributed by atoms with Gasteiger partial charge in [-0.05, 0) is 32.4 Å². The average Bonchev–Trinajstić information content (AvgIpc) is 2.53. The van der Waals surface area contributed by atoms with Gasteiger partial charge in [0.1, 0.15) is 0 Å². The summed E-state index contributed by atoms with van der Waals surface area (Å²) in [5, 5.41) is 0. The highest BCUT2D eigenvalue weighted by molar-refractivity contribution is 7.86. The van der Waals surface area contributed by atoms with E-state index < -0.39 is 16.4 Å². The van der Waals surface area contributed by atoms with Crippen molar-refractivity contribution < 1.29 is 17.3 Å². The molecular formula is C19H32O4S. The van der Waals surface area contributed by atoms with Crippen molar-refractivity contribution in [1.82, 2.24) is 0 Å². The molecule has 0 aliphatic rings. The Morgan fingerprint density at radius 1 is 0.917 bits per heavy atom. The van der Waals surface area contributed by atoms with Crippen molar-refractivity contribution in [2.24, 2.45) is 0 Å². The molecule has 0 aromatic heterocycles. The van der Waals surface area contributed by atoms with E-state index in [1.807, 2.05) is 6.92 Å². The Morgan fingerprint density at radius 3 is 2.04 bits per heavy atom. The molecule has 0 N–H and O–H groups in total. The van der Waals surface area contributed by atoms with Gasteiger partial charge in [0.25, 0.3) is 10.1 Å². The van der Waals surface area contributed by atoms with Crippen LogP contribution in [0.3, 0.4) is 0 Å². The Kier molecular flexibility index (Phi) is 10.2. The lowest BCUT2D eigenvalue weighted by Crippen LogP contribution is -2.19. The SMILES string of the molecule is CCCCCCCCCCOC(C)OS(=O)(=O)c1ccc(C)cc1. The van der Waals surface area contributed by atoms with Gasteiger partial charge in [0.2, 0.25) is 0 Å². The fraction of sp³-hybridized carbons (Fsp3) is 0.684. The van der Waals surface area contributed by atoms with E-state index in [1.54, 1.807) is 31.2 Å². The minimum atomic E-state index is -3.76. The smallest absolute Gasteiger partial charge is 0.299 e. The van der Waals surface area contributed by atoms with E-state index in [-0.39, 0.29) is 4.90 Å². The maximum atomic E-state index is 12.1. The Labute approximate surface area is 147 Å². The molecule has 24 heavy (non-hydrogen) atoms. The van der Waals surface area contributed by atoms with Crippen LogP contribution in [0.2, 0.25) is 0 Å². The number of ether oxygens (including phenoxy) is 1. The van der Waals surface area contributed by atoms with Crippen molar-refractivity contribution >= 4 is 10.1 Å². The number of rotatable bonds is 13. The zero-order valence-corrected chi connectivity index (χ0v) is 16.1. The van der Waals surface area contributed by atoms with E-state index >= 15 is 0 Å². The first kappa shape index (κ1) is 21.1. The maximum absolute atomic E-state index is 12.1. The molecule has 1 aromatic rings. The maximum Gasteiger partial charge on any atom is 0.299 e. The van der Waals surface area contributed by atoms with Crippen molar-refractivity contribution in [3.05, 3.63) is 29.8 Å². The predicted octanol–water partition coefficient (Wildman–Crippen LogP) is 5.20. The zero-order valence-electron chi connectivity index (χ0n) is 15.3. The lowest BCUT2D eigenvalue weighted by molar-refractivity contribution is -0.0637. The molecule has 0 bridgehead atoms. The van der Waals surface area contributed by atoms with Gasteiger partial charge >= 0.3 is 0 Å². The molecule has 0 aliphatic heterocycles. The number of hydrogen-bond donors (Lipinski definition) is 0. The molecule has 0 amide bonds. The van der Waals surface area contributed by atoms with Crippen LogP contribution in [0.25, 0.3) is 0 Å². The number of aryl methyl sites for hydroxylation is 1. The summed E-state index contributed by atoms with van der Waals surface area (Å²) in [4.78, 5) is 0.163. The first-order valence-electron chi connectivity index (χ1n) is 9.07. The third-order valence-electron chi connectivity index (χ3n) is 3.92. The van der Waals surface area contributed by atoms with Gasteiger partial charge in [-0.2, -0.15) is 8.42 Å². The van der Waals surface area contributed by atoms with Gasteiger partial charge in [0.15, 0.2) is 6.29 Å². The highest BCUT2D eigenvalue weighted by Crippen LogP contribution is 2.16. The van der Waals surface area contributed by atoms with Crippen LogP contribution in [0.15, 0.2) is 29.2 Å². The van der Waals surface area contributed by atoms with Gasteiger partial charge < -0.3 is 4.74 Å². The Bertz CT molecular complexity index is 537. The van der Waals surface area contributed by atoms with Crippen LogP contribution in [0.1, 0.15) is 70.8 Å². The monoisotopic (exact) mass is 356 g/mol. The Balaban J connectivity index is 2.17. The van der Waals surface area contributed by atoms with E-state index in [1.165, 1.54) is 38.5 Å². The molecular weight excluding hydrogens is 324 g/mol. The van der Waals surface area contributed by atoms with Crippen LogP contribution in [0.5, 0.6) is 0 Å². The molecule has 1 unspecified atom stereocenters. The molecule has 5 heteroatoms. The molecule has 0 saturated heterocycles. The number of benzene rings is 1. The quantitative estimate of drug-likeness (QED) is 0.277. The van der Waals surface area contributed by atoms with Gasteiger partial charge in [0, 0.05) is 6.61 Å². The van der Waals surface area contributed by atoms with Crippen molar-refractivity contribution in [2.75, 3.05) is 6.61 Å². The zero-order chi connectivity index (χ0) is 17.8. The molecule has 0 heterocycles. The van der Waals surface area contributed by atoms with Gasteiger partial charge in [-0.25, -0.2) is 4.18 Å². The summed E-state index contributed by atoms with van der Waals surface area (Å²) in [6.45, 7) is 6.28. The second kappa shape index (κ2) is 11.6. The minimum Gasteiger partial charge on any atom is -0.352 e. The van der Waals surface area contributed by atoms with E-state index in [0.717, 1.165) is 18.4 Å². The molecule has 0 aliphatic carbocycles. The second-order valence-electron chi connectivity index (χ2n) is 6.28. The van der Waals surface area contributed by atoms with Crippen molar-refractivity contribution in [2.45, 2.75) is 83.3 Å². The van der Waals surface area contributed by atoms with Crippen LogP contribution in [-0.4, -0.2) is 21.3 Å². The van der Waals surface area contributed by atoms with Gasteiger partial charge in [-0.3, -0.25) is 0 Å². The highest BCUT2D eigenvalue weighted by Gasteiger charge is 2.19. The average molecular weight is 357 g/mol. The van der Waals surface area contributed by atoms with Gasteiger partial charge in [0.05, 0.1) is 4.90 Å². The third kappa shape index (κ3) is 8.81. The minimum absolute atomic E-state index is 0.163. The van der Waals surface area contributed by atoms with E-state index in [0.29, 0.717) is 6.61 Å². The van der Waals surface area contributed by atoms with Crippen LogP contribution in [-0.2, 0) is 19.0 Å². The molecule has 4 nitrogen and oxygen atoms in total. The number of hydrogen-bond acceptors (Lipinski definition) is 4. The lowest BCUT2D eigenvalue weighted by atomic mass is 10.1. The molecule has 0 spiro atoms. The third-order valence-corrected chi connectivity index (χ3v) is 5.30. The van der Waals surface area contributed by atoms with Gasteiger partial charge in [-0.15, -0.1) is 0 Å². The first-order chi connectivity index (χ1) is 11.5. The van der Waals surface area contributed by atoms with E-state index in [2.05, 4.69) is 6.92 Å². The van der Waals surface area contributed by atoms with Crippen LogP contribution in [0, 0.1) is 6.92 Å². The Morgan fingerprint density at radius 2 is 1.46 bits per heavy atom. The highest BCUT2D eigenvalue weighted by atomic mass is 32.2.